The van der Waals surface area contributed by atoms with Gasteiger partial charge in [-0.25, -0.2) is 4.98 Å². The first-order chi connectivity index (χ1) is 14.4. The zero-order valence-corrected chi connectivity index (χ0v) is 16.3. The van der Waals surface area contributed by atoms with Crippen LogP contribution in [-0.2, 0) is 17.6 Å². The van der Waals surface area contributed by atoms with E-state index in [4.69, 9.17) is 16.3 Å². The molecule has 0 aliphatic carbocycles. The topological polar surface area (TPSA) is 42.4 Å². The van der Waals surface area contributed by atoms with Crippen molar-refractivity contribution in [3.63, 3.8) is 0 Å². The van der Waals surface area contributed by atoms with Crippen molar-refractivity contribution < 1.29 is 22.7 Å². The molecule has 2 heterocycles. The average Bonchev–Trinajstić information content (AvgIpc) is 3.10. The third kappa shape index (κ3) is 3.98. The first-order valence-corrected chi connectivity index (χ1v) is 9.51. The van der Waals surface area contributed by atoms with E-state index in [9.17, 15) is 18.0 Å². The van der Waals surface area contributed by atoms with Crippen LogP contribution in [0.2, 0.25) is 5.02 Å². The fourth-order valence-corrected chi connectivity index (χ4v) is 3.67. The van der Waals surface area contributed by atoms with Gasteiger partial charge in [0.1, 0.15) is 18.6 Å². The van der Waals surface area contributed by atoms with E-state index in [-0.39, 0.29) is 17.4 Å². The molecule has 0 amide bonds. The number of fused-ring (bicyclic) bond motifs is 1. The van der Waals surface area contributed by atoms with E-state index in [2.05, 4.69) is 4.98 Å². The molecule has 1 aliphatic rings. The minimum absolute atomic E-state index is 0.133. The van der Waals surface area contributed by atoms with Gasteiger partial charge < -0.3 is 14.4 Å². The first-order valence-electron chi connectivity index (χ1n) is 9.13. The summed E-state index contributed by atoms with van der Waals surface area (Å²) in [5.41, 5.74) is 1.46. The van der Waals surface area contributed by atoms with Crippen LogP contribution >= 0.6 is 11.6 Å². The second-order valence-corrected chi connectivity index (χ2v) is 7.28. The van der Waals surface area contributed by atoms with Crippen LogP contribution < -0.4 is 9.64 Å². The van der Waals surface area contributed by atoms with Crippen molar-refractivity contribution in [1.29, 1.82) is 0 Å². The standard InChI is InChI=1S/C22H16ClF3N2O2/c23-19-8-16(22(24,25)26)10-27-21(19)28-11-15(12-29)18-9-17(6-7-20(18)28)30-13-14-4-2-1-3-5-14/h1-10,12,15H,11,13H2. The maximum Gasteiger partial charge on any atom is 0.417 e. The van der Waals surface area contributed by atoms with Crippen molar-refractivity contribution in [3.05, 3.63) is 82.5 Å². The number of nitrogens with zero attached hydrogens (tertiary/aromatic N) is 2. The van der Waals surface area contributed by atoms with Gasteiger partial charge in [0, 0.05) is 18.4 Å². The second-order valence-electron chi connectivity index (χ2n) is 6.88. The first kappa shape index (κ1) is 20.2. The van der Waals surface area contributed by atoms with Crippen LogP contribution in [0.4, 0.5) is 24.7 Å². The number of carbonyl (C=O) groups is 1. The van der Waals surface area contributed by atoms with Crippen molar-refractivity contribution in [1.82, 2.24) is 4.98 Å². The molecule has 0 saturated heterocycles. The van der Waals surface area contributed by atoms with Gasteiger partial charge >= 0.3 is 6.18 Å². The molecule has 2 aromatic carbocycles. The number of anilines is 2. The van der Waals surface area contributed by atoms with E-state index in [1.165, 1.54) is 0 Å². The molecule has 4 rings (SSSR count). The van der Waals surface area contributed by atoms with E-state index in [0.717, 1.165) is 24.1 Å². The Balaban J connectivity index is 1.62. The normalized spacial score (nSPS) is 15.7. The fraction of sp³-hybridized carbons (Fsp3) is 0.182. The fourth-order valence-electron chi connectivity index (χ4n) is 3.40. The summed E-state index contributed by atoms with van der Waals surface area (Å²) in [6.07, 6.45) is -2.99. The molecule has 0 N–H and O–H groups in total. The van der Waals surface area contributed by atoms with E-state index in [0.29, 0.717) is 23.6 Å². The largest absolute Gasteiger partial charge is 0.489 e. The van der Waals surface area contributed by atoms with Crippen LogP contribution in [0.3, 0.4) is 0 Å². The Hall–Kier alpha value is -3.06. The Morgan fingerprint density at radius 1 is 1.17 bits per heavy atom. The summed E-state index contributed by atoms with van der Waals surface area (Å²) in [7, 11) is 0. The highest BCUT2D eigenvalue weighted by Crippen LogP contribution is 2.44. The maximum atomic E-state index is 12.9. The summed E-state index contributed by atoms with van der Waals surface area (Å²) in [5.74, 6) is 0.298. The van der Waals surface area contributed by atoms with Gasteiger partial charge in [-0.15, -0.1) is 0 Å². The van der Waals surface area contributed by atoms with E-state index in [1.54, 1.807) is 23.1 Å². The third-order valence-corrected chi connectivity index (χ3v) is 5.16. The SMILES string of the molecule is O=CC1CN(c2ncc(C(F)(F)F)cc2Cl)c2ccc(OCc3ccccc3)cc21. The number of ether oxygens (including phenoxy) is 1. The van der Waals surface area contributed by atoms with Crippen LogP contribution in [0.15, 0.2) is 60.8 Å². The van der Waals surface area contributed by atoms with Crippen molar-refractivity contribution in [2.75, 3.05) is 11.4 Å². The molecule has 0 saturated carbocycles. The maximum absolute atomic E-state index is 12.9. The lowest BCUT2D eigenvalue weighted by atomic mass is 10.0. The predicted octanol–water partition coefficient (Wildman–Crippen LogP) is 5.77. The predicted molar refractivity (Wildman–Crippen MR) is 107 cm³/mol. The van der Waals surface area contributed by atoms with Crippen LogP contribution in [0.1, 0.15) is 22.6 Å². The Kier molecular flexibility index (Phi) is 5.39. The summed E-state index contributed by atoms with van der Waals surface area (Å²) >= 11 is 6.10. The number of carbonyl (C=O) groups excluding carboxylic acids is 1. The van der Waals surface area contributed by atoms with Crippen molar-refractivity contribution in [3.8, 4) is 5.75 Å². The van der Waals surface area contributed by atoms with E-state index < -0.39 is 17.7 Å². The molecule has 1 aromatic heterocycles. The monoisotopic (exact) mass is 432 g/mol. The molecule has 0 spiro atoms. The minimum atomic E-state index is -4.53. The lowest BCUT2D eigenvalue weighted by molar-refractivity contribution is -0.137. The Morgan fingerprint density at radius 2 is 1.93 bits per heavy atom. The number of hydrogen-bond acceptors (Lipinski definition) is 4. The number of rotatable bonds is 5. The molecule has 0 fully saturated rings. The molecule has 3 aromatic rings. The summed E-state index contributed by atoms with van der Waals surface area (Å²) in [6.45, 7) is 0.612. The Bertz CT molecular complexity index is 1070. The zero-order valence-electron chi connectivity index (χ0n) is 15.6. The number of halogens is 4. The van der Waals surface area contributed by atoms with Gasteiger partial charge in [0.05, 0.1) is 16.5 Å². The van der Waals surface area contributed by atoms with Crippen molar-refractivity contribution in [2.45, 2.75) is 18.7 Å². The molecule has 4 nitrogen and oxygen atoms in total. The number of aromatic nitrogens is 1. The lowest BCUT2D eigenvalue weighted by Gasteiger charge is -2.20. The van der Waals surface area contributed by atoms with Crippen LogP contribution in [0, 0.1) is 0 Å². The molecule has 1 atom stereocenters. The number of aldehydes is 1. The third-order valence-electron chi connectivity index (χ3n) is 4.89. The number of benzene rings is 2. The zero-order chi connectivity index (χ0) is 21.3. The molecule has 0 radical (unpaired) electrons. The van der Waals surface area contributed by atoms with Gasteiger partial charge in [-0.3, -0.25) is 0 Å². The molecule has 8 heteroatoms. The highest BCUT2D eigenvalue weighted by atomic mass is 35.5. The summed E-state index contributed by atoms with van der Waals surface area (Å²) in [4.78, 5) is 17.2. The van der Waals surface area contributed by atoms with Gasteiger partial charge in [0.2, 0.25) is 0 Å². The van der Waals surface area contributed by atoms with Crippen LogP contribution in [-0.4, -0.2) is 17.8 Å². The van der Waals surface area contributed by atoms with Crippen molar-refractivity contribution >= 4 is 29.4 Å². The molecule has 1 aliphatic heterocycles. The smallest absolute Gasteiger partial charge is 0.417 e. The number of alkyl halides is 3. The highest BCUT2D eigenvalue weighted by Gasteiger charge is 2.35. The lowest BCUT2D eigenvalue weighted by Crippen LogP contribution is -2.18. The molecule has 30 heavy (non-hydrogen) atoms. The minimum Gasteiger partial charge on any atom is -0.489 e. The van der Waals surface area contributed by atoms with Gasteiger partial charge in [0.25, 0.3) is 0 Å². The van der Waals surface area contributed by atoms with E-state index in [1.807, 2.05) is 30.3 Å². The highest BCUT2D eigenvalue weighted by molar-refractivity contribution is 6.33. The Morgan fingerprint density at radius 3 is 2.60 bits per heavy atom. The summed E-state index contributed by atoms with van der Waals surface area (Å²) in [6, 6.07) is 15.8. The molecule has 1 unspecified atom stereocenters. The summed E-state index contributed by atoms with van der Waals surface area (Å²) in [5, 5.41) is -0.133. The quantitative estimate of drug-likeness (QED) is 0.480. The Labute approximate surface area is 175 Å². The number of hydrogen-bond donors (Lipinski definition) is 0. The van der Waals surface area contributed by atoms with Crippen LogP contribution in [0.5, 0.6) is 5.75 Å². The van der Waals surface area contributed by atoms with Gasteiger partial charge in [0.15, 0.2) is 5.82 Å². The number of pyridine rings is 1. The molecule has 154 valence electrons. The summed E-state index contributed by atoms with van der Waals surface area (Å²) < 4.78 is 44.5. The van der Waals surface area contributed by atoms with Gasteiger partial charge in [-0.2, -0.15) is 13.2 Å². The molecule has 0 bridgehead atoms. The van der Waals surface area contributed by atoms with E-state index >= 15 is 0 Å². The molecular formula is C22H16ClF3N2O2. The van der Waals surface area contributed by atoms with Crippen LogP contribution in [0.25, 0.3) is 0 Å². The van der Waals surface area contributed by atoms with Gasteiger partial charge in [-0.1, -0.05) is 41.9 Å². The average molecular weight is 433 g/mol. The molecular weight excluding hydrogens is 417 g/mol. The van der Waals surface area contributed by atoms with Crippen molar-refractivity contribution in [2.24, 2.45) is 0 Å². The van der Waals surface area contributed by atoms with Gasteiger partial charge in [-0.05, 0) is 35.4 Å². The second kappa shape index (κ2) is 7.99.